The van der Waals surface area contributed by atoms with Crippen LogP contribution in [0.4, 0.5) is 4.79 Å². The van der Waals surface area contributed by atoms with Crippen molar-refractivity contribution in [1.29, 1.82) is 0 Å². The summed E-state index contributed by atoms with van der Waals surface area (Å²) in [6.07, 6.45) is 0.0212. The van der Waals surface area contributed by atoms with Crippen LogP contribution in [0.5, 0.6) is 17.5 Å². The molecule has 7 nitrogen and oxygen atoms in total. The summed E-state index contributed by atoms with van der Waals surface area (Å²) in [7, 11) is 3.06. The van der Waals surface area contributed by atoms with Gasteiger partial charge in [-0.15, -0.1) is 0 Å². The number of carbonyl (C=O) groups is 1. The minimum absolute atomic E-state index is 0.394. The SMILES string of the molecule is COc1cc(OC)nc(CCN(C(=O)Oc2ccccc2)C(C)(C)C)n1. The first-order valence-electron chi connectivity index (χ1n) is 8.34. The summed E-state index contributed by atoms with van der Waals surface area (Å²) in [6, 6.07) is 10.6. The summed E-state index contributed by atoms with van der Waals surface area (Å²) < 4.78 is 15.8. The van der Waals surface area contributed by atoms with Crippen molar-refractivity contribution < 1.29 is 19.0 Å². The Hall–Kier alpha value is -2.83. The van der Waals surface area contributed by atoms with Crippen LogP contribution in [0.1, 0.15) is 26.6 Å². The molecule has 0 bridgehead atoms. The summed E-state index contributed by atoms with van der Waals surface area (Å²) in [5, 5.41) is 0. The van der Waals surface area contributed by atoms with Gasteiger partial charge in [-0.25, -0.2) is 4.79 Å². The predicted octanol–water partition coefficient (Wildman–Crippen LogP) is 3.34. The van der Waals surface area contributed by atoms with Gasteiger partial charge in [0.2, 0.25) is 11.8 Å². The van der Waals surface area contributed by atoms with Crippen molar-refractivity contribution in [2.75, 3.05) is 20.8 Å². The van der Waals surface area contributed by atoms with Gasteiger partial charge in [-0.2, -0.15) is 9.97 Å². The minimum atomic E-state index is -0.422. The van der Waals surface area contributed by atoms with Gasteiger partial charge in [-0.05, 0) is 32.9 Å². The van der Waals surface area contributed by atoms with Crippen LogP contribution in [-0.2, 0) is 6.42 Å². The lowest BCUT2D eigenvalue weighted by Gasteiger charge is -2.34. The maximum absolute atomic E-state index is 12.6. The largest absolute Gasteiger partial charge is 0.481 e. The zero-order valence-electron chi connectivity index (χ0n) is 15.9. The molecule has 0 spiro atoms. The third-order valence-corrected chi connectivity index (χ3v) is 3.68. The third-order valence-electron chi connectivity index (χ3n) is 3.68. The second-order valence-electron chi connectivity index (χ2n) is 6.62. The molecule has 2 rings (SSSR count). The Morgan fingerprint density at radius 2 is 1.62 bits per heavy atom. The molecule has 1 heterocycles. The van der Waals surface area contributed by atoms with Gasteiger partial charge in [0.25, 0.3) is 0 Å². The van der Waals surface area contributed by atoms with E-state index in [1.165, 1.54) is 14.2 Å². The smallest absolute Gasteiger partial charge is 0.415 e. The lowest BCUT2D eigenvalue weighted by atomic mass is 10.1. The molecule has 0 N–H and O–H groups in total. The Balaban J connectivity index is 2.12. The molecule has 26 heavy (non-hydrogen) atoms. The number of benzene rings is 1. The van der Waals surface area contributed by atoms with Crippen LogP contribution in [-0.4, -0.2) is 47.3 Å². The van der Waals surface area contributed by atoms with Crippen molar-refractivity contribution in [2.45, 2.75) is 32.7 Å². The van der Waals surface area contributed by atoms with Crippen LogP contribution in [0.2, 0.25) is 0 Å². The molecule has 0 aliphatic carbocycles. The molecule has 0 aliphatic heterocycles. The Kier molecular flexibility index (Phi) is 6.38. The van der Waals surface area contributed by atoms with Gasteiger partial charge >= 0.3 is 6.09 Å². The minimum Gasteiger partial charge on any atom is -0.481 e. The number of hydrogen-bond acceptors (Lipinski definition) is 6. The highest BCUT2D eigenvalue weighted by Gasteiger charge is 2.28. The van der Waals surface area contributed by atoms with Crippen LogP contribution in [0.15, 0.2) is 36.4 Å². The number of methoxy groups -OCH3 is 2. The van der Waals surface area contributed by atoms with Gasteiger partial charge in [0.05, 0.1) is 20.3 Å². The molecule has 7 heteroatoms. The van der Waals surface area contributed by atoms with Gasteiger partial charge in [0.15, 0.2) is 0 Å². The predicted molar refractivity (Wildman–Crippen MR) is 97.8 cm³/mol. The molecule has 0 fully saturated rings. The average molecular weight is 359 g/mol. The van der Waals surface area contributed by atoms with E-state index >= 15 is 0 Å². The topological polar surface area (TPSA) is 73.8 Å². The number of nitrogens with zero attached hydrogens (tertiary/aromatic N) is 3. The fraction of sp³-hybridized carbons (Fsp3) is 0.421. The second kappa shape index (κ2) is 8.51. The summed E-state index contributed by atoms with van der Waals surface area (Å²) in [5.74, 6) is 1.87. The van der Waals surface area contributed by atoms with Gasteiger partial charge in [0, 0.05) is 18.5 Å². The quantitative estimate of drug-likeness (QED) is 0.788. The first-order chi connectivity index (χ1) is 12.3. The zero-order chi connectivity index (χ0) is 19.2. The first-order valence-corrected chi connectivity index (χ1v) is 8.34. The van der Waals surface area contributed by atoms with E-state index in [9.17, 15) is 4.79 Å². The molecule has 1 aromatic carbocycles. The molecular formula is C19H25N3O4. The highest BCUT2D eigenvalue weighted by atomic mass is 16.6. The number of aromatic nitrogens is 2. The fourth-order valence-electron chi connectivity index (χ4n) is 2.33. The van der Waals surface area contributed by atoms with Crippen LogP contribution < -0.4 is 14.2 Å². The second-order valence-corrected chi connectivity index (χ2v) is 6.62. The zero-order valence-corrected chi connectivity index (χ0v) is 15.9. The Bertz CT molecular complexity index is 707. The average Bonchev–Trinajstić information content (AvgIpc) is 2.61. The molecule has 1 amide bonds. The number of hydrogen-bond donors (Lipinski definition) is 0. The molecule has 2 aromatic rings. The van der Waals surface area contributed by atoms with Crippen molar-refractivity contribution in [3.8, 4) is 17.5 Å². The maximum Gasteiger partial charge on any atom is 0.415 e. The van der Waals surface area contributed by atoms with E-state index in [-0.39, 0.29) is 0 Å². The summed E-state index contributed by atoms with van der Waals surface area (Å²) in [5.41, 5.74) is -0.422. The standard InChI is InChI=1S/C19H25N3O4/c1-19(2,3)22(18(23)26-14-9-7-6-8-10-14)12-11-15-20-16(24-4)13-17(21-15)25-5/h6-10,13H,11-12H2,1-5H3. The van der Waals surface area contributed by atoms with Crippen LogP contribution in [0, 0.1) is 0 Å². The van der Waals surface area contributed by atoms with E-state index in [1.54, 1.807) is 23.1 Å². The molecule has 0 unspecified atom stereocenters. The van der Waals surface area contributed by atoms with Gasteiger partial charge in [-0.1, -0.05) is 18.2 Å². The summed E-state index contributed by atoms with van der Waals surface area (Å²) in [4.78, 5) is 22.9. The number of para-hydroxylation sites is 1. The highest BCUT2D eigenvalue weighted by Crippen LogP contribution is 2.19. The molecular weight excluding hydrogens is 334 g/mol. The van der Waals surface area contributed by atoms with E-state index in [2.05, 4.69) is 9.97 Å². The Labute approximate surface area is 153 Å². The lowest BCUT2D eigenvalue weighted by Crippen LogP contribution is -2.48. The van der Waals surface area contributed by atoms with Gasteiger partial charge < -0.3 is 19.1 Å². The van der Waals surface area contributed by atoms with E-state index < -0.39 is 11.6 Å². The summed E-state index contributed by atoms with van der Waals surface area (Å²) in [6.45, 7) is 6.25. The van der Waals surface area contributed by atoms with Crippen molar-refractivity contribution in [1.82, 2.24) is 14.9 Å². The number of carbonyl (C=O) groups excluding carboxylic acids is 1. The Morgan fingerprint density at radius 1 is 1.04 bits per heavy atom. The molecule has 0 aliphatic rings. The summed E-state index contributed by atoms with van der Waals surface area (Å²) >= 11 is 0. The molecule has 0 saturated heterocycles. The van der Waals surface area contributed by atoms with E-state index in [4.69, 9.17) is 14.2 Å². The normalized spacial score (nSPS) is 11.0. The van der Waals surface area contributed by atoms with Gasteiger partial charge in [0.1, 0.15) is 11.6 Å². The van der Waals surface area contributed by atoms with Crippen molar-refractivity contribution in [3.05, 3.63) is 42.2 Å². The monoisotopic (exact) mass is 359 g/mol. The third kappa shape index (κ3) is 5.34. The lowest BCUT2D eigenvalue weighted by molar-refractivity contribution is 0.107. The van der Waals surface area contributed by atoms with Crippen LogP contribution in [0.3, 0.4) is 0 Å². The molecule has 0 saturated carbocycles. The molecule has 1 aromatic heterocycles. The van der Waals surface area contributed by atoms with E-state index in [0.29, 0.717) is 36.3 Å². The highest BCUT2D eigenvalue weighted by molar-refractivity contribution is 5.71. The van der Waals surface area contributed by atoms with Gasteiger partial charge in [-0.3, -0.25) is 0 Å². The number of rotatable bonds is 6. The van der Waals surface area contributed by atoms with E-state index in [0.717, 1.165) is 0 Å². The van der Waals surface area contributed by atoms with E-state index in [1.807, 2.05) is 39.0 Å². The fourth-order valence-corrected chi connectivity index (χ4v) is 2.33. The van der Waals surface area contributed by atoms with Crippen molar-refractivity contribution >= 4 is 6.09 Å². The molecule has 140 valence electrons. The number of amides is 1. The van der Waals surface area contributed by atoms with Crippen LogP contribution in [0.25, 0.3) is 0 Å². The number of ether oxygens (including phenoxy) is 3. The molecule has 0 radical (unpaired) electrons. The Morgan fingerprint density at radius 3 is 2.12 bits per heavy atom. The van der Waals surface area contributed by atoms with Crippen molar-refractivity contribution in [2.24, 2.45) is 0 Å². The van der Waals surface area contributed by atoms with Crippen molar-refractivity contribution in [3.63, 3.8) is 0 Å². The van der Waals surface area contributed by atoms with Crippen LogP contribution >= 0.6 is 0 Å². The maximum atomic E-state index is 12.6. The molecule has 0 atom stereocenters. The first kappa shape index (κ1) is 19.5.